The minimum atomic E-state index is -0.505. The molecule has 15 heavy (non-hydrogen) atoms. The highest BCUT2D eigenvalue weighted by molar-refractivity contribution is 6.02. The van der Waals surface area contributed by atoms with Gasteiger partial charge in [-0.15, -0.1) is 0 Å². The van der Waals surface area contributed by atoms with Gasteiger partial charge in [0.05, 0.1) is 4.92 Å². The number of fused-ring (bicyclic) bond motifs is 1. The normalized spacial score (nSPS) is 14.3. The number of nitrogens with zero attached hydrogens (tertiary/aromatic N) is 2. The lowest BCUT2D eigenvalue weighted by Gasteiger charge is -2.04. The molecule has 78 valence electrons. The van der Waals surface area contributed by atoms with E-state index in [9.17, 15) is 14.9 Å². The predicted molar refractivity (Wildman–Crippen MR) is 53.6 cm³/mol. The second kappa shape index (κ2) is 3.05. The van der Waals surface area contributed by atoms with Gasteiger partial charge in [0.25, 0.3) is 11.6 Å². The van der Waals surface area contributed by atoms with E-state index in [1.807, 2.05) is 6.92 Å². The van der Waals surface area contributed by atoms with Gasteiger partial charge in [0.15, 0.2) is 0 Å². The maximum atomic E-state index is 11.7. The molecule has 0 aliphatic carbocycles. The number of nitro benzene ring substituents is 1. The molecule has 1 aliphatic heterocycles. The molecule has 0 saturated heterocycles. The molecule has 0 saturated carbocycles. The monoisotopic (exact) mass is 206 g/mol. The summed E-state index contributed by atoms with van der Waals surface area (Å²) >= 11 is 0. The van der Waals surface area contributed by atoms with Gasteiger partial charge in [0, 0.05) is 19.7 Å². The minimum absolute atomic E-state index is 0.0926. The largest absolute Gasteiger partial charge is 0.337 e. The molecule has 1 heterocycles. The Morgan fingerprint density at radius 3 is 2.73 bits per heavy atom. The molecule has 0 unspecified atom stereocenters. The zero-order valence-electron chi connectivity index (χ0n) is 8.48. The summed E-state index contributed by atoms with van der Waals surface area (Å²) in [5.41, 5.74) is 1.86. The topological polar surface area (TPSA) is 63.5 Å². The highest BCUT2D eigenvalue weighted by Crippen LogP contribution is 2.32. The quantitative estimate of drug-likeness (QED) is 0.516. The van der Waals surface area contributed by atoms with Gasteiger partial charge < -0.3 is 4.90 Å². The van der Waals surface area contributed by atoms with Crippen LogP contribution in [0.5, 0.6) is 0 Å². The zero-order chi connectivity index (χ0) is 11.2. The fourth-order valence-electron chi connectivity index (χ4n) is 1.83. The van der Waals surface area contributed by atoms with Crippen LogP contribution in [0.2, 0.25) is 0 Å². The van der Waals surface area contributed by atoms with Gasteiger partial charge >= 0.3 is 0 Å². The molecular formula is C10H10N2O3. The van der Waals surface area contributed by atoms with Crippen LogP contribution in [0.4, 0.5) is 5.69 Å². The van der Waals surface area contributed by atoms with Crippen molar-refractivity contribution in [2.75, 3.05) is 7.05 Å². The van der Waals surface area contributed by atoms with E-state index in [1.165, 1.54) is 11.0 Å². The van der Waals surface area contributed by atoms with E-state index < -0.39 is 4.92 Å². The third-order valence-corrected chi connectivity index (χ3v) is 2.68. The van der Waals surface area contributed by atoms with Crippen LogP contribution in [-0.4, -0.2) is 22.8 Å². The van der Waals surface area contributed by atoms with E-state index >= 15 is 0 Å². The highest BCUT2D eigenvalue weighted by Gasteiger charge is 2.33. The van der Waals surface area contributed by atoms with Crippen LogP contribution in [0, 0.1) is 17.0 Å². The SMILES string of the molecule is Cc1ccc([N+](=O)[O-])c2c1CN(C)C2=O. The Morgan fingerprint density at radius 2 is 2.13 bits per heavy atom. The van der Waals surface area contributed by atoms with Crippen LogP contribution in [0.15, 0.2) is 12.1 Å². The highest BCUT2D eigenvalue weighted by atomic mass is 16.6. The van der Waals surface area contributed by atoms with Crippen LogP contribution in [0.3, 0.4) is 0 Å². The molecule has 1 aromatic carbocycles. The lowest BCUT2D eigenvalue weighted by Crippen LogP contribution is -2.18. The number of rotatable bonds is 1. The summed E-state index contributed by atoms with van der Waals surface area (Å²) in [6.07, 6.45) is 0. The van der Waals surface area contributed by atoms with Gasteiger partial charge in [-0.2, -0.15) is 0 Å². The first kappa shape index (κ1) is 9.64. The molecule has 0 aromatic heterocycles. The Bertz CT molecular complexity index is 468. The number of aryl methyl sites for hydroxylation is 1. The third-order valence-electron chi connectivity index (χ3n) is 2.68. The first-order chi connectivity index (χ1) is 7.02. The molecular weight excluding hydrogens is 196 g/mol. The minimum Gasteiger partial charge on any atom is -0.337 e. The average molecular weight is 206 g/mol. The molecule has 0 atom stereocenters. The van der Waals surface area contributed by atoms with Crippen molar-refractivity contribution in [2.45, 2.75) is 13.5 Å². The first-order valence-electron chi connectivity index (χ1n) is 4.54. The summed E-state index contributed by atoms with van der Waals surface area (Å²) in [5.74, 6) is -0.264. The van der Waals surface area contributed by atoms with Crippen LogP contribution in [0.25, 0.3) is 0 Å². The molecule has 0 spiro atoms. The van der Waals surface area contributed by atoms with Crippen LogP contribution in [-0.2, 0) is 6.54 Å². The van der Waals surface area contributed by atoms with Gasteiger partial charge in [0.2, 0.25) is 0 Å². The van der Waals surface area contributed by atoms with Crippen molar-refractivity contribution in [3.05, 3.63) is 38.9 Å². The summed E-state index contributed by atoms with van der Waals surface area (Å²) < 4.78 is 0. The molecule has 1 aromatic rings. The summed E-state index contributed by atoms with van der Waals surface area (Å²) in [6, 6.07) is 3.08. The van der Waals surface area contributed by atoms with Crippen molar-refractivity contribution in [3.8, 4) is 0 Å². The van der Waals surface area contributed by atoms with Gasteiger partial charge in [0.1, 0.15) is 5.56 Å². The fourth-order valence-corrected chi connectivity index (χ4v) is 1.83. The van der Waals surface area contributed by atoms with E-state index in [0.717, 1.165) is 11.1 Å². The van der Waals surface area contributed by atoms with E-state index in [4.69, 9.17) is 0 Å². The second-order valence-corrected chi connectivity index (χ2v) is 3.67. The molecule has 0 radical (unpaired) electrons. The van der Waals surface area contributed by atoms with E-state index in [2.05, 4.69) is 0 Å². The van der Waals surface area contributed by atoms with E-state index in [-0.39, 0.29) is 17.2 Å². The molecule has 0 N–H and O–H groups in total. The summed E-state index contributed by atoms with van der Waals surface area (Å²) in [5, 5.41) is 10.8. The number of hydrogen-bond donors (Lipinski definition) is 0. The Hall–Kier alpha value is -1.91. The lowest BCUT2D eigenvalue weighted by atomic mass is 10.0. The Balaban J connectivity index is 2.71. The molecule has 0 fully saturated rings. The smallest absolute Gasteiger partial charge is 0.282 e. The van der Waals surface area contributed by atoms with Gasteiger partial charge in [-0.05, 0) is 18.1 Å². The number of carbonyl (C=O) groups is 1. The fraction of sp³-hybridized carbons (Fsp3) is 0.300. The van der Waals surface area contributed by atoms with Crippen LogP contribution in [0.1, 0.15) is 21.5 Å². The summed E-state index contributed by atoms with van der Waals surface area (Å²) in [6.45, 7) is 2.32. The molecule has 5 heteroatoms. The van der Waals surface area contributed by atoms with Crippen molar-refractivity contribution in [1.29, 1.82) is 0 Å². The Kier molecular flexibility index (Phi) is 1.96. The van der Waals surface area contributed by atoms with Crippen molar-refractivity contribution < 1.29 is 9.72 Å². The number of hydrogen-bond acceptors (Lipinski definition) is 3. The van der Waals surface area contributed by atoms with Crippen LogP contribution >= 0.6 is 0 Å². The number of carbonyl (C=O) groups excluding carboxylic acids is 1. The molecule has 2 rings (SSSR count). The predicted octanol–water partition coefficient (Wildman–Crippen LogP) is 1.49. The summed E-state index contributed by atoms with van der Waals surface area (Å²) in [4.78, 5) is 23.4. The molecule has 1 aliphatic rings. The molecule has 5 nitrogen and oxygen atoms in total. The number of amides is 1. The summed E-state index contributed by atoms with van der Waals surface area (Å²) in [7, 11) is 1.64. The maximum absolute atomic E-state index is 11.7. The first-order valence-corrected chi connectivity index (χ1v) is 4.54. The maximum Gasteiger partial charge on any atom is 0.282 e. The van der Waals surface area contributed by atoms with Gasteiger partial charge in [-0.25, -0.2) is 0 Å². The van der Waals surface area contributed by atoms with Crippen molar-refractivity contribution in [2.24, 2.45) is 0 Å². The standard InChI is InChI=1S/C10H10N2O3/c1-6-3-4-8(12(14)15)9-7(6)5-11(2)10(9)13/h3-4H,5H2,1-2H3. The molecule has 0 bridgehead atoms. The lowest BCUT2D eigenvalue weighted by molar-refractivity contribution is -0.385. The Labute approximate surface area is 86.5 Å². The number of benzene rings is 1. The van der Waals surface area contributed by atoms with E-state index in [0.29, 0.717) is 6.54 Å². The molecule has 1 amide bonds. The Morgan fingerprint density at radius 1 is 1.47 bits per heavy atom. The van der Waals surface area contributed by atoms with E-state index in [1.54, 1.807) is 13.1 Å². The van der Waals surface area contributed by atoms with Crippen molar-refractivity contribution in [3.63, 3.8) is 0 Å². The van der Waals surface area contributed by atoms with Crippen LogP contribution < -0.4 is 0 Å². The third kappa shape index (κ3) is 1.27. The zero-order valence-corrected chi connectivity index (χ0v) is 8.48. The number of nitro groups is 1. The van der Waals surface area contributed by atoms with Gasteiger partial charge in [-0.3, -0.25) is 14.9 Å². The average Bonchev–Trinajstić information content (AvgIpc) is 2.46. The van der Waals surface area contributed by atoms with Crippen molar-refractivity contribution >= 4 is 11.6 Å². The van der Waals surface area contributed by atoms with Crippen molar-refractivity contribution in [1.82, 2.24) is 4.90 Å². The van der Waals surface area contributed by atoms with Gasteiger partial charge in [-0.1, -0.05) is 6.07 Å². The second-order valence-electron chi connectivity index (χ2n) is 3.67.